The zero-order valence-corrected chi connectivity index (χ0v) is 18.7. The van der Waals surface area contributed by atoms with Gasteiger partial charge in [0.15, 0.2) is 0 Å². The molecule has 7 nitrogen and oxygen atoms in total. The lowest BCUT2D eigenvalue weighted by Gasteiger charge is -2.28. The van der Waals surface area contributed by atoms with E-state index in [1.54, 1.807) is 13.8 Å². The Morgan fingerprint density at radius 1 is 1.32 bits per heavy atom. The largest absolute Gasteiger partial charge is 0.465 e. The Morgan fingerprint density at radius 3 is 2.84 bits per heavy atom. The molecule has 0 aliphatic carbocycles. The third-order valence-electron chi connectivity index (χ3n) is 6.06. The molecule has 1 aromatic heterocycles. The molecule has 1 amide bonds. The summed E-state index contributed by atoms with van der Waals surface area (Å²) in [6, 6.07) is 10.0. The molecule has 2 atom stereocenters. The van der Waals surface area contributed by atoms with Crippen molar-refractivity contribution in [2.24, 2.45) is 0 Å². The molecule has 1 saturated heterocycles. The van der Waals surface area contributed by atoms with E-state index in [2.05, 4.69) is 28.9 Å². The lowest BCUT2D eigenvalue weighted by atomic mass is 10.1. The minimum absolute atomic E-state index is 0.0422. The number of carbonyl (C=O) groups is 2. The Labute approximate surface area is 184 Å². The predicted octanol–water partition coefficient (Wildman–Crippen LogP) is 3.00. The second-order valence-electron chi connectivity index (χ2n) is 8.04. The number of hydrogen-bond donors (Lipinski definition) is 1. The summed E-state index contributed by atoms with van der Waals surface area (Å²) in [6.07, 6.45) is 3.78. The average molecular weight is 425 g/mol. The van der Waals surface area contributed by atoms with Gasteiger partial charge >= 0.3 is 5.97 Å². The maximum Gasteiger partial charge on any atom is 0.319 e. The monoisotopic (exact) mass is 424 g/mol. The van der Waals surface area contributed by atoms with Crippen molar-refractivity contribution in [3.8, 4) is 6.07 Å². The smallest absolute Gasteiger partial charge is 0.319 e. The number of nitriles is 1. The molecule has 166 valence electrons. The average Bonchev–Trinajstić information content (AvgIpc) is 3.38. The minimum atomic E-state index is -0.420. The summed E-state index contributed by atoms with van der Waals surface area (Å²) in [4.78, 5) is 26.5. The molecule has 1 fully saturated rings. The molecule has 1 aromatic carbocycles. The van der Waals surface area contributed by atoms with Gasteiger partial charge in [-0.15, -0.1) is 0 Å². The van der Waals surface area contributed by atoms with Gasteiger partial charge in [-0.2, -0.15) is 5.26 Å². The van der Waals surface area contributed by atoms with Crippen LogP contribution in [0, 0.1) is 11.3 Å². The van der Waals surface area contributed by atoms with Crippen molar-refractivity contribution in [3.63, 3.8) is 0 Å². The van der Waals surface area contributed by atoms with Gasteiger partial charge in [0, 0.05) is 30.3 Å². The van der Waals surface area contributed by atoms with E-state index in [-0.39, 0.29) is 24.5 Å². The van der Waals surface area contributed by atoms with Crippen LogP contribution in [-0.2, 0) is 27.3 Å². The molecule has 1 N–H and O–H groups in total. The van der Waals surface area contributed by atoms with Gasteiger partial charge in [-0.3, -0.25) is 14.9 Å². The highest BCUT2D eigenvalue weighted by molar-refractivity contribution is 5.83. The molecular formula is C24H32N4O3. The zero-order valence-electron chi connectivity index (χ0n) is 18.7. The van der Waals surface area contributed by atoms with E-state index in [1.807, 2.05) is 23.1 Å². The second kappa shape index (κ2) is 10.5. The molecule has 2 heterocycles. The first-order valence-corrected chi connectivity index (χ1v) is 11.2. The number of esters is 1. The van der Waals surface area contributed by atoms with E-state index < -0.39 is 6.04 Å². The van der Waals surface area contributed by atoms with Crippen LogP contribution < -0.4 is 5.32 Å². The van der Waals surface area contributed by atoms with E-state index >= 15 is 0 Å². The Morgan fingerprint density at radius 2 is 2.13 bits per heavy atom. The molecule has 7 heteroatoms. The summed E-state index contributed by atoms with van der Waals surface area (Å²) in [7, 11) is 0. The number of aromatic nitrogens is 1. The number of hydrogen-bond acceptors (Lipinski definition) is 5. The van der Waals surface area contributed by atoms with Gasteiger partial charge in [-0.1, -0.05) is 6.07 Å². The van der Waals surface area contributed by atoms with Crippen LogP contribution in [0.15, 0.2) is 24.3 Å². The van der Waals surface area contributed by atoms with E-state index in [4.69, 9.17) is 4.74 Å². The van der Waals surface area contributed by atoms with Crippen molar-refractivity contribution in [2.45, 2.75) is 65.1 Å². The molecule has 0 saturated carbocycles. The Balaban J connectivity index is 1.64. The van der Waals surface area contributed by atoms with Crippen LogP contribution in [0.2, 0.25) is 0 Å². The molecule has 1 unspecified atom stereocenters. The normalized spacial score (nSPS) is 17.0. The summed E-state index contributed by atoms with van der Waals surface area (Å²) in [5, 5.41) is 13.3. The van der Waals surface area contributed by atoms with Crippen LogP contribution in [0.5, 0.6) is 0 Å². The van der Waals surface area contributed by atoms with Gasteiger partial charge in [0.1, 0.15) is 0 Å². The number of likely N-dealkylation sites (tertiary alicyclic amines) is 1. The quantitative estimate of drug-likeness (QED) is 0.625. The first-order valence-electron chi connectivity index (χ1n) is 11.2. The van der Waals surface area contributed by atoms with Crippen molar-refractivity contribution >= 4 is 22.8 Å². The van der Waals surface area contributed by atoms with E-state index in [0.717, 1.165) is 49.7 Å². The summed E-state index contributed by atoms with van der Waals surface area (Å²) < 4.78 is 7.19. The third-order valence-corrected chi connectivity index (χ3v) is 6.06. The number of ether oxygens (including phenoxy) is 1. The number of amides is 1. The predicted molar refractivity (Wildman–Crippen MR) is 119 cm³/mol. The van der Waals surface area contributed by atoms with Crippen molar-refractivity contribution in [1.29, 1.82) is 5.26 Å². The first kappa shape index (κ1) is 22.8. The van der Waals surface area contributed by atoms with Crippen LogP contribution in [0.3, 0.4) is 0 Å². The van der Waals surface area contributed by atoms with Crippen molar-refractivity contribution in [2.75, 3.05) is 19.7 Å². The topological polar surface area (TPSA) is 87.4 Å². The number of nitrogens with one attached hydrogen (secondary N) is 1. The summed E-state index contributed by atoms with van der Waals surface area (Å²) >= 11 is 0. The molecular weight excluding hydrogens is 392 g/mol. The highest BCUT2D eigenvalue weighted by Gasteiger charge is 2.31. The molecule has 2 aromatic rings. The van der Waals surface area contributed by atoms with Gasteiger partial charge in [0.2, 0.25) is 5.91 Å². The fourth-order valence-electron chi connectivity index (χ4n) is 4.49. The first-order chi connectivity index (χ1) is 15.0. The fraction of sp³-hybridized carbons (Fsp3) is 0.542. The highest BCUT2D eigenvalue weighted by atomic mass is 16.5. The molecule has 0 radical (unpaired) electrons. The number of benzene rings is 1. The van der Waals surface area contributed by atoms with Crippen LogP contribution in [0.1, 0.15) is 51.3 Å². The van der Waals surface area contributed by atoms with Crippen molar-refractivity contribution < 1.29 is 14.3 Å². The molecule has 1 aliphatic rings. The number of nitrogens with zero attached hydrogens (tertiary/aromatic N) is 3. The van der Waals surface area contributed by atoms with Gasteiger partial charge < -0.3 is 14.2 Å². The van der Waals surface area contributed by atoms with Crippen molar-refractivity contribution in [1.82, 2.24) is 14.8 Å². The lowest BCUT2D eigenvalue weighted by molar-refractivity contribution is -0.142. The van der Waals surface area contributed by atoms with Crippen LogP contribution in [0.25, 0.3) is 10.9 Å². The lowest BCUT2D eigenvalue weighted by Crippen LogP contribution is -2.48. The molecule has 0 bridgehead atoms. The van der Waals surface area contributed by atoms with Crippen LogP contribution in [0.4, 0.5) is 0 Å². The van der Waals surface area contributed by atoms with Gasteiger partial charge in [-0.05, 0) is 70.0 Å². The van der Waals surface area contributed by atoms with Crippen LogP contribution in [-0.4, -0.2) is 53.1 Å². The summed E-state index contributed by atoms with van der Waals surface area (Å²) in [5.41, 5.74) is 3.00. The number of fused-ring (bicyclic) bond motifs is 1. The molecule has 0 spiro atoms. The van der Waals surface area contributed by atoms with E-state index in [1.165, 1.54) is 5.69 Å². The summed E-state index contributed by atoms with van der Waals surface area (Å²) in [5.74, 6) is -0.298. The fourth-order valence-corrected chi connectivity index (χ4v) is 4.49. The zero-order chi connectivity index (χ0) is 22.4. The van der Waals surface area contributed by atoms with Crippen LogP contribution >= 0.6 is 0 Å². The second-order valence-corrected chi connectivity index (χ2v) is 8.04. The Bertz CT molecular complexity index is 975. The third kappa shape index (κ3) is 5.26. The van der Waals surface area contributed by atoms with Gasteiger partial charge in [-0.25, -0.2) is 0 Å². The van der Waals surface area contributed by atoms with Crippen molar-refractivity contribution in [3.05, 3.63) is 35.5 Å². The summed E-state index contributed by atoms with van der Waals surface area (Å²) in [6.45, 7) is 7.67. The van der Waals surface area contributed by atoms with Gasteiger partial charge in [0.05, 0.1) is 30.8 Å². The maximum absolute atomic E-state index is 12.9. The van der Waals surface area contributed by atoms with Gasteiger partial charge in [0.25, 0.3) is 0 Å². The van der Waals surface area contributed by atoms with E-state index in [9.17, 15) is 14.9 Å². The number of carbonyl (C=O) groups excluding carboxylic acids is 2. The number of aryl methyl sites for hydroxylation is 2. The molecule has 3 rings (SSSR count). The maximum atomic E-state index is 12.9. The SMILES string of the molecule is CCOC(=O)CN[C@H](C)C(=O)N1CCCC1CCc1cc2ccc(C#N)cc2n1CC. The van der Waals surface area contributed by atoms with E-state index in [0.29, 0.717) is 12.2 Å². The standard InChI is InChI=1S/C24H32N4O3/c1-4-27-21(14-19-9-8-18(15-25)13-22(19)27)11-10-20-7-6-12-28(20)24(30)17(3)26-16-23(29)31-5-2/h8-9,13-14,17,20,26H,4-7,10-12,16H2,1-3H3/t17-,20?/m1/s1. The molecule has 1 aliphatic heterocycles. The molecule has 31 heavy (non-hydrogen) atoms. The number of rotatable bonds is 9. The Hall–Kier alpha value is -2.85. The highest BCUT2D eigenvalue weighted by Crippen LogP contribution is 2.26. The Kier molecular flexibility index (Phi) is 7.69. The minimum Gasteiger partial charge on any atom is -0.465 e.